The molecule has 5 rings (SSSR count). The highest BCUT2D eigenvalue weighted by Crippen LogP contribution is 2.37. The molecule has 3 aromatic rings. The summed E-state index contributed by atoms with van der Waals surface area (Å²) in [5.41, 5.74) is 1.96. The Hall–Kier alpha value is -2.87. The number of hydroxylamine groups is 2. The molecule has 1 atom stereocenters. The maximum Gasteiger partial charge on any atom is 0.249 e. The van der Waals surface area contributed by atoms with Gasteiger partial charge in [0.2, 0.25) is 5.91 Å². The van der Waals surface area contributed by atoms with Crippen LogP contribution >= 0.6 is 0 Å². The molecule has 1 saturated heterocycles. The Morgan fingerprint density at radius 2 is 1.72 bits per heavy atom. The average molecular weight is 443 g/mol. The summed E-state index contributed by atoms with van der Waals surface area (Å²) in [6.07, 6.45) is 5.47. The minimum absolute atomic E-state index is 0.112. The molecule has 0 N–H and O–H groups in total. The van der Waals surface area contributed by atoms with Crippen LogP contribution in [-0.4, -0.2) is 27.1 Å². The number of fused-ring (bicyclic) bond motifs is 1. The third-order valence-corrected chi connectivity index (χ3v) is 6.63. The quantitative estimate of drug-likeness (QED) is 0.559. The zero-order chi connectivity index (χ0) is 22.2. The van der Waals surface area contributed by atoms with Gasteiger partial charge in [-0.05, 0) is 61.4 Å². The number of benzene rings is 2. The standard InChI is InChI=1S/C24H24F3N3O2/c25-18-5-6-23-21(12-18)28-14-29(23)13-15-1-3-16(4-2-15)24(31)30-22(7-8-32-30)17-9-19(26)11-20(27)10-17/h5-6,9-12,14-16,22H,1-4,7-8,13H2/t15-,16-,22-/m0/s1. The Morgan fingerprint density at radius 1 is 0.969 bits per heavy atom. The molecule has 5 nitrogen and oxygen atoms in total. The molecule has 1 aliphatic heterocycles. The molecule has 0 unspecified atom stereocenters. The second-order valence-corrected chi connectivity index (χ2v) is 8.75. The van der Waals surface area contributed by atoms with E-state index in [2.05, 4.69) is 4.98 Å². The smallest absolute Gasteiger partial charge is 0.249 e. The third-order valence-electron chi connectivity index (χ3n) is 6.63. The van der Waals surface area contributed by atoms with Gasteiger partial charge < -0.3 is 4.57 Å². The van der Waals surface area contributed by atoms with Crippen LogP contribution in [0.3, 0.4) is 0 Å². The first-order valence-corrected chi connectivity index (χ1v) is 11.0. The van der Waals surface area contributed by atoms with Crippen LogP contribution in [0.1, 0.15) is 43.7 Å². The lowest BCUT2D eigenvalue weighted by Crippen LogP contribution is -2.37. The number of rotatable bonds is 4. The van der Waals surface area contributed by atoms with Crippen LogP contribution in [0.25, 0.3) is 11.0 Å². The van der Waals surface area contributed by atoms with Crippen LogP contribution in [-0.2, 0) is 16.2 Å². The van der Waals surface area contributed by atoms with Crippen molar-refractivity contribution in [2.24, 2.45) is 11.8 Å². The van der Waals surface area contributed by atoms with E-state index >= 15 is 0 Å². The molecule has 2 fully saturated rings. The van der Waals surface area contributed by atoms with E-state index in [1.54, 1.807) is 12.4 Å². The van der Waals surface area contributed by atoms with Crippen molar-refractivity contribution in [2.75, 3.05) is 6.61 Å². The normalized spacial score (nSPS) is 23.7. The predicted molar refractivity (Wildman–Crippen MR) is 112 cm³/mol. The second-order valence-electron chi connectivity index (χ2n) is 8.75. The first-order chi connectivity index (χ1) is 15.5. The molecule has 1 aliphatic carbocycles. The van der Waals surface area contributed by atoms with Crippen molar-refractivity contribution in [2.45, 2.75) is 44.7 Å². The highest BCUT2D eigenvalue weighted by Gasteiger charge is 2.37. The maximum absolute atomic E-state index is 13.7. The number of hydrogen-bond acceptors (Lipinski definition) is 3. The van der Waals surface area contributed by atoms with E-state index in [0.717, 1.165) is 43.8 Å². The Kier molecular flexibility index (Phi) is 5.63. The van der Waals surface area contributed by atoms with Crippen molar-refractivity contribution in [1.29, 1.82) is 0 Å². The number of amides is 1. The lowest BCUT2D eigenvalue weighted by Gasteiger charge is -2.32. The molecule has 0 radical (unpaired) electrons. The maximum atomic E-state index is 13.7. The number of halogens is 3. The van der Waals surface area contributed by atoms with Crippen LogP contribution < -0.4 is 0 Å². The zero-order valence-corrected chi connectivity index (χ0v) is 17.5. The van der Waals surface area contributed by atoms with Gasteiger partial charge in [0.1, 0.15) is 17.5 Å². The number of carbonyl (C=O) groups excluding carboxylic acids is 1. The van der Waals surface area contributed by atoms with Crippen molar-refractivity contribution in [3.63, 3.8) is 0 Å². The third kappa shape index (κ3) is 4.11. The van der Waals surface area contributed by atoms with E-state index in [1.165, 1.54) is 29.3 Å². The molecule has 168 valence electrons. The van der Waals surface area contributed by atoms with Gasteiger partial charge in [-0.3, -0.25) is 9.63 Å². The second kappa shape index (κ2) is 8.58. The number of nitrogens with zero attached hydrogens (tertiary/aromatic N) is 3. The molecule has 2 heterocycles. The van der Waals surface area contributed by atoms with Gasteiger partial charge in [-0.1, -0.05) is 0 Å². The summed E-state index contributed by atoms with van der Waals surface area (Å²) < 4.78 is 42.8. The first kappa shape index (κ1) is 21.0. The molecular formula is C24H24F3N3O2. The van der Waals surface area contributed by atoms with Gasteiger partial charge in [-0.25, -0.2) is 23.2 Å². The molecule has 0 bridgehead atoms. The number of hydrogen-bond donors (Lipinski definition) is 0. The summed E-state index contributed by atoms with van der Waals surface area (Å²) in [4.78, 5) is 23.0. The zero-order valence-electron chi connectivity index (χ0n) is 17.5. The van der Waals surface area contributed by atoms with Gasteiger partial charge in [0, 0.05) is 31.0 Å². The molecule has 32 heavy (non-hydrogen) atoms. The van der Waals surface area contributed by atoms with Gasteiger partial charge in [-0.2, -0.15) is 0 Å². The fourth-order valence-electron chi connectivity index (χ4n) is 4.99. The monoisotopic (exact) mass is 443 g/mol. The van der Waals surface area contributed by atoms with Crippen LogP contribution in [0.4, 0.5) is 13.2 Å². The van der Waals surface area contributed by atoms with Crippen LogP contribution in [0, 0.1) is 29.3 Å². The van der Waals surface area contributed by atoms with Gasteiger partial charge in [0.15, 0.2) is 0 Å². The molecular weight excluding hydrogens is 419 g/mol. The van der Waals surface area contributed by atoms with Crippen molar-refractivity contribution in [3.8, 4) is 0 Å². The summed E-state index contributed by atoms with van der Waals surface area (Å²) in [7, 11) is 0. The van der Waals surface area contributed by atoms with E-state index < -0.39 is 17.7 Å². The molecule has 1 amide bonds. The van der Waals surface area contributed by atoms with Crippen molar-refractivity contribution in [1.82, 2.24) is 14.6 Å². The average Bonchev–Trinajstić information content (AvgIpc) is 3.40. The summed E-state index contributed by atoms with van der Waals surface area (Å²) in [5.74, 6) is -1.50. The van der Waals surface area contributed by atoms with Crippen molar-refractivity contribution < 1.29 is 22.8 Å². The van der Waals surface area contributed by atoms with Gasteiger partial charge in [-0.15, -0.1) is 0 Å². The lowest BCUT2D eigenvalue weighted by molar-refractivity contribution is -0.183. The summed E-state index contributed by atoms with van der Waals surface area (Å²) in [5, 5.41) is 1.33. The number of carbonyl (C=O) groups is 1. The fourth-order valence-corrected chi connectivity index (χ4v) is 4.99. The van der Waals surface area contributed by atoms with Crippen molar-refractivity contribution in [3.05, 3.63) is 65.7 Å². The fraction of sp³-hybridized carbons (Fsp3) is 0.417. The van der Waals surface area contributed by atoms with E-state index in [9.17, 15) is 18.0 Å². The van der Waals surface area contributed by atoms with Gasteiger partial charge in [0.25, 0.3) is 0 Å². The molecule has 2 aromatic carbocycles. The van der Waals surface area contributed by atoms with E-state index in [4.69, 9.17) is 4.84 Å². The lowest BCUT2D eigenvalue weighted by atomic mass is 9.81. The van der Waals surface area contributed by atoms with Gasteiger partial charge in [0.05, 0.1) is 30.0 Å². The Bertz CT molecular complexity index is 1120. The molecule has 2 aliphatic rings. The molecule has 0 spiro atoms. The van der Waals surface area contributed by atoms with Crippen LogP contribution in [0.15, 0.2) is 42.7 Å². The van der Waals surface area contributed by atoms with E-state index in [0.29, 0.717) is 30.0 Å². The topological polar surface area (TPSA) is 47.4 Å². The summed E-state index contributed by atoms with van der Waals surface area (Å²) in [6.45, 7) is 1.12. The van der Waals surface area contributed by atoms with Crippen LogP contribution in [0.5, 0.6) is 0 Å². The highest BCUT2D eigenvalue weighted by atomic mass is 19.1. The Labute approximate surface area is 183 Å². The minimum Gasteiger partial charge on any atom is -0.330 e. The first-order valence-electron chi connectivity index (χ1n) is 11.0. The van der Waals surface area contributed by atoms with Crippen molar-refractivity contribution >= 4 is 16.9 Å². The molecule has 1 saturated carbocycles. The molecule has 1 aromatic heterocycles. The summed E-state index contributed by atoms with van der Waals surface area (Å²) >= 11 is 0. The van der Waals surface area contributed by atoms with E-state index in [-0.39, 0.29) is 17.6 Å². The van der Waals surface area contributed by atoms with E-state index in [1.807, 2.05) is 4.57 Å². The predicted octanol–water partition coefficient (Wildman–Crippen LogP) is 5.17. The SMILES string of the molecule is O=C([C@H]1CC[C@H](Cn2cnc3cc(F)ccc32)CC1)N1OCC[C@H]1c1cc(F)cc(F)c1. The number of imidazole rings is 1. The van der Waals surface area contributed by atoms with Gasteiger partial charge >= 0.3 is 0 Å². The largest absolute Gasteiger partial charge is 0.330 e. The Balaban J connectivity index is 1.22. The van der Waals surface area contributed by atoms with Crippen LogP contribution in [0.2, 0.25) is 0 Å². The summed E-state index contributed by atoms with van der Waals surface area (Å²) in [6, 6.07) is 7.50. The number of aromatic nitrogens is 2. The Morgan fingerprint density at radius 3 is 2.47 bits per heavy atom. The molecule has 8 heteroatoms. The minimum atomic E-state index is -0.658. The highest BCUT2D eigenvalue weighted by molar-refractivity contribution is 5.78.